The van der Waals surface area contributed by atoms with Crippen LogP contribution in [-0.4, -0.2) is 61.5 Å². The van der Waals surface area contributed by atoms with Crippen molar-refractivity contribution in [3.63, 3.8) is 0 Å². The zero-order valence-corrected chi connectivity index (χ0v) is 17.0. The molecule has 3 aliphatic heterocycles. The molecule has 8 heteroatoms. The molecular weight excluding hydrogens is 376 g/mol. The number of rotatable bonds is 6. The Labute approximate surface area is 169 Å². The highest BCUT2D eigenvalue weighted by molar-refractivity contribution is 6.04. The van der Waals surface area contributed by atoms with Crippen molar-refractivity contribution in [2.75, 3.05) is 32.3 Å². The van der Waals surface area contributed by atoms with E-state index in [4.69, 9.17) is 14.2 Å². The SMILES string of the molecule is COc1ccc(N2CC34C=CC(O3)C(C(=O)NC(C)(C)CO)C4C2=O)c(OC)c1. The van der Waals surface area contributed by atoms with Crippen LogP contribution in [0.5, 0.6) is 11.5 Å². The maximum absolute atomic E-state index is 13.4. The molecule has 2 amide bonds. The van der Waals surface area contributed by atoms with Gasteiger partial charge < -0.3 is 29.5 Å². The molecule has 2 N–H and O–H groups in total. The van der Waals surface area contributed by atoms with E-state index in [1.165, 1.54) is 7.11 Å². The summed E-state index contributed by atoms with van der Waals surface area (Å²) in [6, 6.07) is 5.25. The molecule has 3 heterocycles. The number of hydrogen-bond donors (Lipinski definition) is 2. The number of ether oxygens (including phenoxy) is 3. The number of nitrogens with zero attached hydrogens (tertiary/aromatic N) is 1. The van der Waals surface area contributed by atoms with Gasteiger partial charge in [-0.1, -0.05) is 12.2 Å². The van der Waals surface area contributed by atoms with Crippen molar-refractivity contribution in [2.24, 2.45) is 11.8 Å². The van der Waals surface area contributed by atoms with Crippen LogP contribution >= 0.6 is 0 Å². The van der Waals surface area contributed by atoms with E-state index in [0.29, 0.717) is 23.7 Å². The maximum Gasteiger partial charge on any atom is 0.234 e. The summed E-state index contributed by atoms with van der Waals surface area (Å²) >= 11 is 0. The normalized spacial score (nSPS) is 29.9. The Hall–Kier alpha value is -2.58. The molecule has 0 aromatic heterocycles. The Kier molecular flexibility index (Phi) is 4.59. The summed E-state index contributed by atoms with van der Waals surface area (Å²) in [6.07, 6.45) is 3.31. The molecule has 2 saturated heterocycles. The number of amides is 2. The van der Waals surface area contributed by atoms with E-state index in [-0.39, 0.29) is 18.4 Å². The van der Waals surface area contributed by atoms with Gasteiger partial charge in [0.05, 0.1) is 56.5 Å². The quantitative estimate of drug-likeness (QED) is 0.686. The van der Waals surface area contributed by atoms with Gasteiger partial charge in [0, 0.05) is 6.07 Å². The molecule has 2 bridgehead atoms. The van der Waals surface area contributed by atoms with Gasteiger partial charge in [0.25, 0.3) is 0 Å². The third kappa shape index (κ3) is 2.98. The second-order valence-electron chi connectivity index (χ2n) is 8.39. The highest BCUT2D eigenvalue weighted by atomic mass is 16.5. The van der Waals surface area contributed by atoms with Crippen LogP contribution < -0.4 is 19.7 Å². The highest BCUT2D eigenvalue weighted by Crippen LogP contribution is 2.53. The fourth-order valence-electron chi connectivity index (χ4n) is 4.47. The lowest BCUT2D eigenvalue weighted by Crippen LogP contribution is -2.52. The zero-order chi connectivity index (χ0) is 21.0. The number of benzene rings is 1. The van der Waals surface area contributed by atoms with E-state index >= 15 is 0 Å². The van der Waals surface area contributed by atoms with E-state index in [9.17, 15) is 14.7 Å². The van der Waals surface area contributed by atoms with Crippen molar-refractivity contribution in [1.82, 2.24) is 5.32 Å². The first kappa shape index (κ1) is 19.7. The molecule has 29 heavy (non-hydrogen) atoms. The lowest BCUT2D eigenvalue weighted by molar-refractivity contribution is -0.133. The number of anilines is 1. The summed E-state index contributed by atoms with van der Waals surface area (Å²) in [6.45, 7) is 3.57. The minimum atomic E-state index is -0.835. The first-order chi connectivity index (χ1) is 13.7. The van der Waals surface area contributed by atoms with Gasteiger partial charge in [-0.15, -0.1) is 0 Å². The average Bonchev–Trinajstić information content (AvgIpc) is 3.35. The van der Waals surface area contributed by atoms with Gasteiger partial charge in [-0.25, -0.2) is 0 Å². The Morgan fingerprint density at radius 2 is 2.14 bits per heavy atom. The van der Waals surface area contributed by atoms with Gasteiger partial charge >= 0.3 is 0 Å². The highest BCUT2D eigenvalue weighted by Gasteiger charge is 2.67. The zero-order valence-electron chi connectivity index (χ0n) is 17.0. The van der Waals surface area contributed by atoms with Crippen molar-refractivity contribution in [3.05, 3.63) is 30.4 Å². The molecule has 156 valence electrons. The molecule has 1 aromatic carbocycles. The monoisotopic (exact) mass is 402 g/mol. The molecule has 3 aliphatic rings. The van der Waals surface area contributed by atoms with Crippen LogP contribution in [0.1, 0.15) is 13.8 Å². The first-order valence-electron chi connectivity index (χ1n) is 9.59. The van der Waals surface area contributed by atoms with Crippen LogP contribution in [0.4, 0.5) is 5.69 Å². The van der Waals surface area contributed by atoms with E-state index < -0.39 is 29.1 Å². The minimum absolute atomic E-state index is 0.178. The molecule has 1 spiro atoms. The lowest BCUT2D eigenvalue weighted by Gasteiger charge is -2.29. The molecule has 4 unspecified atom stereocenters. The van der Waals surface area contributed by atoms with Crippen LogP contribution in [-0.2, 0) is 14.3 Å². The summed E-state index contributed by atoms with van der Waals surface area (Å²) in [5, 5.41) is 12.3. The van der Waals surface area contributed by atoms with Gasteiger partial charge in [-0.3, -0.25) is 9.59 Å². The minimum Gasteiger partial charge on any atom is -0.497 e. The van der Waals surface area contributed by atoms with Crippen molar-refractivity contribution in [3.8, 4) is 11.5 Å². The maximum atomic E-state index is 13.4. The van der Waals surface area contributed by atoms with Gasteiger partial charge in [0.15, 0.2) is 0 Å². The van der Waals surface area contributed by atoms with E-state index in [2.05, 4.69) is 5.32 Å². The second-order valence-corrected chi connectivity index (χ2v) is 8.39. The Balaban J connectivity index is 1.66. The molecule has 0 saturated carbocycles. The fourth-order valence-corrected chi connectivity index (χ4v) is 4.47. The second kappa shape index (κ2) is 6.74. The van der Waals surface area contributed by atoms with E-state index in [0.717, 1.165) is 0 Å². The summed E-state index contributed by atoms with van der Waals surface area (Å²) in [7, 11) is 3.10. The molecule has 8 nitrogen and oxygen atoms in total. The third-order valence-corrected chi connectivity index (χ3v) is 5.94. The lowest BCUT2D eigenvalue weighted by atomic mass is 9.76. The molecular formula is C21H26N2O6. The number of hydrogen-bond acceptors (Lipinski definition) is 6. The fraction of sp³-hybridized carbons (Fsp3) is 0.524. The summed E-state index contributed by atoms with van der Waals surface area (Å²) in [4.78, 5) is 28.1. The number of methoxy groups -OCH3 is 2. The van der Waals surface area contributed by atoms with Crippen molar-refractivity contribution >= 4 is 17.5 Å². The molecule has 4 atom stereocenters. The third-order valence-electron chi connectivity index (χ3n) is 5.94. The van der Waals surface area contributed by atoms with Crippen LogP contribution in [0, 0.1) is 11.8 Å². The van der Waals surface area contributed by atoms with Crippen molar-refractivity contribution in [2.45, 2.75) is 31.1 Å². The molecule has 4 rings (SSSR count). The van der Waals surface area contributed by atoms with Gasteiger partial charge in [0.1, 0.15) is 17.1 Å². The van der Waals surface area contributed by atoms with Crippen LogP contribution in [0.3, 0.4) is 0 Å². The average molecular weight is 402 g/mol. The summed E-state index contributed by atoms with van der Waals surface area (Å²) in [5.41, 5.74) is -1.01. The Morgan fingerprint density at radius 3 is 2.79 bits per heavy atom. The van der Waals surface area contributed by atoms with Crippen LogP contribution in [0.15, 0.2) is 30.4 Å². The predicted molar refractivity (Wildman–Crippen MR) is 105 cm³/mol. The van der Waals surface area contributed by atoms with Gasteiger partial charge in [-0.05, 0) is 26.0 Å². The Morgan fingerprint density at radius 1 is 1.38 bits per heavy atom. The molecule has 2 fully saturated rings. The summed E-state index contributed by atoms with van der Waals surface area (Å²) < 4.78 is 16.8. The van der Waals surface area contributed by atoms with Crippen LogP contribution in [0.2, 0.25) is 0 Å². The van der Waals surface area contributed by atoms with Gasteiger partial charge in [-0.2, -0.15) is 0 Å². The molecule has 1 aromatic rings. The standard InChI is InChI=1S/C21H26N2O6/c1-20(2,11-24)22-18(25)16-14-7-8-21(29-14)10-23(19(26)17(16)21)13-6-5-12(27-3)9-15(13)28-4/h5-9,14,16-17,24H,10-11H2,1-4H3,(H,22,25). The van der Waals surface area contributed by atoms with Crippen molar-refractivity contribution < 1.29 is 28.9 Å². The molecule has 0 aliphatic carbocycles. The van der Waals surface area contributed by atoms with E-state index in [1.54, 1.807) is 44.1 Å². The number of nitrogens with one attached hydrogen (secondary N) is 1. The number of fused-ring (bicyclic) bond motifs is 1. The number of aliphatic hydroxyl groups is 1. The topological polar surface area (TPSA) is 97.3 Å². The number of carbonyl (C=O) groups excluding carboxylic acids is 2. The Bertz CT molecular complexity index is 882. The number of carbonyl (C=O) groups is 2. The smallest absolute Gasteiger partial charge is 0.234 e. The van der Waals surface area contributed by atoms with Gasteiger partial charge in [0.2, 0.25) is 11.8 Å². The molecule has 0 radical (unpaired) electrons. The summed E-state index contributed by atoms with van der Waals surface area (Å²) in [5.74, 6) is -0.609. The van der Waals surface area contributed by atoms with Crippen molar-refractivity contribution in [1.29, 1.82) is 0 Å². The predicted octanol–water partition coefficient (Wildman–Crippen LogP) is 0.877. The largest absolute Gasteiger partial charge is 0.497 e. The number of aliphatic hydroxyl groups excluding tert-OH is 1. The first-order valence-corrected chi connectivity index (χ1v) is 9.59. The van der Waals surface area contributed by atoms with Crippen LogP contribution in [0.25, 0.3) is 0 Å². The van der Waals surface area contributed by atoms with E-state index in [1.807, 2.05) is 12.2 Å².